The van der Waals surface area contributed by atoms with Crippen molar-refractivity contribution in [3.63, 3.8) is 0 Å². The molecule has 0 spiro atoms. The zero-order valence-electron chi connectivity index (χ0n) is 16.2. The second-order valence-corrected chi connectivity index (χ2v) is 8.86. The van der Waals surface area contributed by atoms with E-state index in [1.165, 1.54) is 0 Å². The number of likely N-dealkylation sites (tertiary alicyclic amines) is 1. The van der Waals surface area contributed by atoms with E-state index in [0.29, 0.717) is 11.4 Å². The van der Waals surface area contributed by atoms with E-state index in [0.717, 1.165) is 48.4 Å². The van der Waals surface area contributed by atoms with Crippen molar-refractivity contribution in [2.75, 3.05) is 26.7 Å². The molecule has 5 nitrogen and oxygen atoms in total. The summed E-state index contributed by atoms with van der Waals surface area (Å²) in [4.78, 5) is 2.68. The second-order valence-electron chi connectivity index (χ2n) is 7.12. The smallest absolute Gasteiger partial charge is 0.240 e. The highest BCUT2D eigenvalue weighted by Crippen LogP contribution is 2.31. The summed E-state index contributed by atoms with van der Waals surface area (Å²) in [6.07, 6.45) is 2.27. The summed E-state index contributed by atoms with van der Waals surface area (Å²) < 4.78 is 34.2. The highest BCUT2D eigenvalue weighted by molar-refractivity contribution is 7.89. The van der Waals surface area contributed by atoms with E-state index in [1.807, 2.05) is 50.2 Å². The summed E-state index contributed by atoms with van der Waals surface area (Å²) in [6.45, 7) is 6.04. The normalized spacial score (nSPS) is 16.4. The molecule has 0 saturated carbocycles. The average molecular weight is 389 g/mol. The zero-order chi connectivity index (χ0) is 19.4. The molecular weight excluding hydrogens is 360 g/mol. The minimum Gasteiger partial charge on any atom is -0.496 e. The number of aryl methyl sites for hydroxylation is 2. The average Bonchev–Trinajstić information content (AvgIpc) is 3.16. The van der Waals surface area contributed by atoms with Crippen molar-refractivity contribution < 1.29 is 13.2 Å². The van der Waals surface area contributed by atoms with Gasteiger partial charge in [-0.05, 0) is 57.5 Å². The predicted molar refractivity (Wildman–Crippen MR) is 108 cm³/mol. The number of benzene rings is 2. The molecular formula is C21H28N2O3S. The van der Waals surface area contributed by atoms with Crippen LogP contribution >= 0.6 is 0 Å². The van der Waals surface area contributed by atoms with Crippen molar-refractivity contribution in [2.45, 2.75) is 37.6 Å². The highest BCUT2D eigenvalue weighted by Gasteiger charge is 2.28. The predicted octanol–water partition coefficient (Wildman–Crippen LogP) is 3.43. The molecule has 6 heteroatoms. The third kappa shape index (κ3) is 4.51. The van der Waals surface area contributed by atoms with Crippen LogP contribution in [0.4, 0.5) is 0 Å². The molecule has 1 unspecified atom stereocenters. The van der Waals surface area contributed by atoms with E-state index < -0.39 is 10.0 Å². The molecule has 0 aliphatic carbocycles. The number of ether oxygens (including phenoxy) is 1. The van der Waals surface area contributed by atoms with Gasteiger partial charge in [0.25, 0.3) is 0 Å². The lowest BCUT2D eigenvalue weighted by molar-refractivity contribution is 0.240. The molecule has 27 heavy (non-hydrogen) atoms. The van der Waals surface area contributed by atoms with E-state index in [2.05, 4.69) is 9.62 Å². The molecule has 146 valence electrons. The number of sulfonamides is 1. The number of rotatable bonds is 7. The number of nitrogens with one attached hydrogen (secondary N) is 1. The zero-order valence-corrected chi connectivity index (χ0v) is 17.1. The van der Waals surface area contributed by atoms with Crippen LogP contribution in [0.1, 0.15) is 35.6 Å². The molecule has 1 aliphatic rings. The number of nitrogens with zero attached hydrogens (tertiary/aromatic N) is 1. The summed E-state index contributed by atoms with van der Waals surface area (Å²) in [5.74, 6) is 0.792. The van der Waals surface area contributed by atoms with Gasteiger partial charge in [0.15, 0.2) is 0 Å². The van der Waals surface area contributed by atoms with Crippen LogP contribution in [0, 0.1) is 13.8 Å². The number of methoxy groups -OCH3 is 1. The van der Waals surface area contributed by atoms with Crippen molar-refractivity contribution in [2.24, 2.45) is 0 Å². The van der Waals surface area contributed by atoms with Crippen LogP contribution in [0.25, 0.3) is 0 Å². The van der Waals surface area contributed by atoms with Crippen LogP contribution in [0.3, 0.4) is 0 Å². The Hall–Kier alpha value is -1.89. The van der Waals surface area contributed by atoms with Crippen molar-refractivity contribution in [3.05, 3.63) is 59.2 Å². The first-order valence-electron chi connectivity index (χ1n) is 9.36. The molecule has 2 aromatic carbocycles. The Labute approximate surface area is 162 Å². The largest absolute Gasteiger partial charge is 0.496 e. The van der Waals surface area contributed by atoms with Crippen LogP contribution < -0.4 is 9.46 Å². The SMILES string of the molecule is COc1ccccc1C(CNS(=O)(=O)c1ccc(C)cc1C)N1CCCC1. The second kappa shape index (κ2) is 8.42. The Bertz CT molecular complexity index is 890. The van der Waals surface area contributed by atoms with Crippen molar-refractivity contribution in [3.8, 4) is 5.75 Å². The summed E-state index contributed by atoms with van der Waals surface area (Å²) in [5, 5.41) is 0. The highest BCUT2D eigenvalue weighted by atomic mass is 32.2. The summed E-state index contributed by atoms with van der Waals surface area (Å²) >= 11 is 0. The van der Waals surface area contributed by atoms with E-state index in [1.54, 1.807) is 13.2 Å². The van der Waals surface area contributed by atoms with Gasteiger partial charge in [-0.2, -0.15) is 0 Å². The maximum atomic E-state index is 12.9. The van der Waals surface area contributed by atoms with Gasteiger partial charge in [0.2, 0.25) is 10.0 Å². The maximum Gasteiger partial charge on any atom is 0.240 e. The molecule has 1 aliphatic heterocycles. The molecule has 0 radical (unpaired) electrons. The molecule has 3 rings (SSSR count). The third-order valence-corrected chi connectivity index (χ3v) is 6.75. The lowest BCUT2D eigenvalue weighted by Gasteiger charge is -2.29. The first-order chi connectivity index (χ1) is 12.9. The Morgan fingerprint density at radius 1 is 1.11 bits per heavy atom. The van der Waals surface area contributed by atoms with Crippen molar-refractivity contribution in [1.82, 2.24) is 9.62 Å². The number of para-hydroxylation sites is 1. The Balaban J connectivity index is 1.86. The Morgan fingerprint density at radius 3 is 2.48 bits per heavy atom. The fourth-order valence-corrected chi connectivity index (χ4v) is 5.06. The van der Waals surface area contributed by atoms with Gasteiger partial charge in [0, 0.05) is 12.1 Å². The van der Waals surface area contributed by atoms with Gasteiger partial charge in [-0.3, -0.25) is 4.90 Å². The van der Waals surface area contributed by atoms with Gasteiger partial charge in [-0.25, -0.2) is 13.1 Å². The minimum absolute atomic E-state index is 0.0517. The van der Waals surface area contributed by atoms with Gasteiger partial charge in [0.1, 0.15) is 5.75 Å². The van der Waals surface area contributed by atoms with Gasteiger partial charge in [-0.15, -0.1) is 0 Å². The summed E-state index contributed by atoms with van der Waals surface area (Å²) in [5.41, 5.74) is 2.83. The van der Waals surface area contributed by atoms with Gasteiger partial charge < -0.3 is 4.74 Å². The molecule has 1 N–H and O–H groups in total. The Kier molecular flexibility index (Phi) is 6.19. The van der Waals surface area contributed by atoms with Crippen LogP contribution in [-0.4, -0.2) is 40.1 Å². The van der Waals surface area contributed by atoms with Crippen molar-refractivity contribution in [1.29, 1.82) is 0 Å². The van der Waals surface area contributed by atoms with Gasteiger partial charge >= 0.3 is 0 Å². The first kappa shape index (κ1) is 19.9. The van der Waals surface area contributed by atoms with Crippen LogP contribution in [0.2, 0.25) is 0 Å². The topological polar surface area (TPSA) is 58.6 Å². The molecule has 1 fully saturated rings. The van der Waals surface area contributed by atoms with Crippen molar-refractivity contribution >= 4 is 10.0 Å². The molecule has 0 bridgehead atoms. The Morgan fingerprint density at radius 2 is 1.81 bits per heavy atom. The first-order valence-corrected chi connectivity index (χ1v) is 10.8. The van der Waals surface area contributed by atoms with Crippen LogP contribution in [0.15, 0.2) is 47.4 Å². The monoisotopic (exact) mass is 388 g/mol. The standard InChI is InChI=1S/C21H28N2O3S/c1-16-10-11-21(17(2)14-16)27(24,25)22-15-19(23-12-6-7-13-23)18-8-4-5-9-20(18)26-3/h4-5,8-11,14,19,22H,6-7,12-13,15H2,1-3H3. The fraction of sp³-hybridized carbons (Fsp3) is 0.429. The summed E-state index contributed by atoms with van der Waals surface area (Å²) in [7, 11) is -1.92. The molecule has 2 aromatic rings. The van der Waals surface area contributed by atoms with E-state index >= 15 is 0 Å². The van der Waals surface area contributed by atoms with E-state index in [4.69, 9.17) is 4.74 Å². The molecule has 0 aromatic heterocycles. The van der Waals surface area contributed by atoms with Gasteiger partial charge in [0.05, 0.1) is 18.0 Å². The van der Waals surface area contributed by atoms with Crippen LogP contribution in [-0.2, 0) is 10.0 Å². The lowest BCUT2D eigenvalue weighted by atomic mass is 10.0. The molecule has 1 saturated heterocycles. The maximum absolute atomic E-state index is 12.9. The molecule has 1 atom stereocenters. The third-order valence-electron chi connectivity index (χ3n) is 5.17. The van der Waals surface area contributed by atoms with E-state index in [9.17, 15) is 8.42 Å². The molecule has 1 heterocycles. The fourth-order valence-electron chi connectivity index (χ4n) is 3.80. The van der Waals surface area contributed by atoms with E-state index in [-0.39, 0.29) is 6.04 Å². The number of hydrogen-bond donors (Lipinski definition) is 1. The van der Waals surface area contributed by atoms with Crippen LogP contribution in [0.5, 0.6) is 5.75 Å². The molecule has 0 amide bonds. The quantitative estimate of drug-likeness (QED) is 0.790. The number of hydrogen-bond acceptors (Lipinski definition) is 4. The summed E-state index contributed by atoms with van der Waals surface area (Å²) in [6, 6.07) is 13.2. The minimum atomic E-state index is -3.58. The lowest BCUT2D eigenvalue weighted by Crippen LogP contribution is -2.37. The van der Waals surface area contributed by atoms with Gasteiger partial charge in [-0.1, -0.05) is 35.9 Å².